The topological polar surface area (TPSA) is 64.9 Å². The van der Waals surface area contributed by atoms with Gasteiger partial charge in [0, 0.05) is 25.8 Å². The predicted octanol–water partition coefficient (Wildman–Crippen LogP) is 5.31. The van der Waals surface area contributed by atoms with Gasteiger partial charge in [-0.1, -0.05) is 84.0 Å². The average molecular weight is 424 g/mol. The van der Waals surface area contributed by atoms with E-state index < -0.39 is 0 Å². The van der Waals surface area contributed by atoms with Gasteiger partial charge in [0.1, 0.15) is 0 Å². The van der Waals surface area contributed by atoms with E-state index in [0.29, 0.717) is 6.54 Å². The summed E-state index contributed by atoms with van der Waals surface area (Å²) in [6.45, 7) is 8.24. The summed E-state index contributed by atoms with van der Waals surface area (Å²) in [7, 11) is 0. The van der Waals surface area contributed by atoms with Crippen LogP contribution in [-0.4, -0.2) is 54.0 Å². The van der Waals surface area contributed by atoms with Crippen LogP contribution in [0.2, 0.25) is 0 Å². The first kappa shape index (κ1) is 27.1. The van der Waals surface area contributed by atoms with Gasteiger partial charge in [-0.2, -0.15) is 0 Å². The second kappa shape index (κ2) is 17.7. The minimum absolute atomic E-state index is 0.0527. The highest BCUT2D eigenvalue weighted by Crippen LogP contribution is 2.13. The van der Waals surface area contributed by atoms with E-state index in [1.165, 1.54) is 70.6 Å². The molecule has 0 fully saturated rings. The molecule has 2 N–H and O–H groups in total. The standard InChI is InChI=1S/C25H49N3O2/c1-4-5-6-7-8-9-10-11-12-13-14-15-17-24(29)21-27-23(3)28-19-16-18-26-20-22(2)25(28)30/h20,22-24,27,29H,4-19,21H2,1-3H3/b26-20-. The summed E-state index contributed by atoms with van der Waals surface area (Å²) in [5, 5.41) is 13.6. The maximum Gasteiger partial charge on any atom is 0.232 e. The number of carbonyl (C=O) groups is 1. The van der Waals surface area contributed by atoms with Crippen molar-refractivity contribution in [1.82, 2.24) is 10.2 Å². The van der Waals surface area contributed by atoms with Crippen molar-refractivity contribution in [2.75, 3.05) is 19.6 Å². The number of amides is 1. The van der Waals surface area contributed by atoms with Gasteiger partial charge < -0.3 is 10.0 Å². The highest BCUT2D eigenvalue weighted by Gasteiger charge is 2.24. The third kappa shape index (κ3) is 12.7. The lowest BCUT2D eigenvalue weighted by atomic mass is 10.0. The minimum atomic E-state index is -0.334. The molecular formula is C25H49N3O2. The predicted molar refractivity (Wildman–Crippen MR) is 128 cm³/mol. The molecule has 0 bridgehead atoms. The Hall–Kier alpha value is -0.940. The molecule has 176 valence electrons. The molecule has 1 aliphatic rings. The van der Waals surface area contributed by atoms with Crippen LogP contribution in [0.3, 0.4) is 0 Å². The molecule has 0 spiro atoms. The van der Waals surface area contributed by atoms with Crippen LogP contribution in [0.4, 0.5) is 0 Å². The SMILES string of the molecule is CCCCCCCCCCCCCCC(O)CNC(C)N1CCC/N=C\C(C)C1=O. The van der Waals surface area contributed by atoms with E-state index in [2.05, 4.69) is 17.2 Å². The molecular weight excluding hydrogens is 374 g/mol. The molecule has 1 heterocycles. The molecule has 3 unspecified atom stereocenters. The number of aliphatic hydroxyl groups excluding tert-OH is 1. The van der Waals surface area contributed by atoms with Crippen molar-refractivity contribution in [2.45, 2.75) is 123 Å². The van der Waals surface area contributed by atoms with Crippen LogP contribution in [0.5, 0.6) is 0 Å². The Balaban J connectivity index is 2.02. The Morgan fingerprint density at radius 1 is 1.07 bits per heavy atom. The van der Waals surface area contributed by atoms with Crippen LogP contribution in [0.15, 0.2) is 4.99 Å². The number of aliphatic hydroxyl groups is 1. The van der Waals surface area contributed by atoms with Gasteiger partial charge in [-0.25, -0.2) is 0 Å². The molecule has 1 aliphatic heterocycles. The zero-order valence-corrected chi connectivity index (χ0v) is 20.1. The van der Waals surface area contributed by atoms with Gasteiger partial charge in [0.05, 0.1) is 18.2 Å². The summed E-state index contributed by atoms with van der Waals surface area (Å²) in [6, 6.07) is 0. The average Bonchev–Trinajstić information content (AvgIpc) is 2.73. The lowest BCUT2D eigenvalue weighted by molar-refractivity contribution is -0.135. The fraction of sp³-hybridized carbons (Fsp3) is 0.920. The first-order chi connectivity index (χ1) is 14.6. The first-order valence-corrected chi connectivity index (χ1v) is 12.8. The Bertz CT molecular complexity index is 456. The smallest absolute Gasteiger partial charge is 0.232 e. The summed E-state index contributed by atoms with van der Waals surface area (Å²) in [5.41, 5.74) is 0. The minimum Gasteiger partial charge on any atom is -0.392 e. The van der Waals surface area contributed by atoms with Crippen LogP contribution in [0.25, 0.3) is 0 Å². The Labute approximate surface area is 186 Å². The zero-order chi connectivity index (χ0) is 22.0. The van der Waals surface area contributed by atoms with Gasteiger partial charge in [0.25, 0.3) is 0 Å². The first-order valence-electron chi connectivity index (χ1n) is 12.8. The van der Waals surface area contributed by atoms with E-state index in [9.17, 15) is 9.90 Å². The van der Waals surface area contributed by atoms with Gasteiger partial charge in [-0.3, -0.25) is 15.1 Å². The molecule has 1 rings (SSSR count). The molecule has 0 saturated heterocycles. The quantitative estimate of drug-likeness (QED) is 0.311. The number of hydrogen-bond donors (Lipinski definition) is 2. The molecule has 5 heteroatoms. The second-order valence-corrected chi connectivity index (χ2v) is 9.14. The van der Waals surface area contributed by atoms with Crippen LogP contribution < -0.4 is 5.32 Å². The largest absolute Gasteiger partial charge is 0.392 e. The molecule has 0 saturated carbocycles. The lowest BCUT2D eigenvalue weighted by Gasteiger charge is -2.32. The zero-order valence-electron chi connectivity index (χ0n) is 20.1. The molecule has 5 nitrogen and oxygen atoms in total. The third-order valence-electron chi connectivity index (χ3n) is 6.20. The molecule has 0 aliphatic carbocycles. The van der Waals surface area contributed by atoms with E-state index in [1.807, 2.05) is 18.7 Å². The van der Waals surface area contributed by atoms with Crippen molar-refractivity contribution < 1.29 is 9.90 Å². The van der Waals surface area contributed by atoms with Crippen LogP contribution in [0.1, 0.15) is 111 Å². The molecule has 1 amide bonds. The van der Waals surface area contributed by atoms with Crippen LogP contribution >= 0.6 is 0 Å². The van der Waals surface area contributed by atoms with Gasteiger partial charge >= 0.3 is 0 Å². The summed E-state index contributed by atoms with van der Waals surface area (Å²) >= 11 is 0. The van der Waals surface area contributed by atoms with Gasteiger partial charge in [-0.05, 0) is 26.7 Å². The Morgan fingerprint density at radius 3 is 2.23 bits per heavy atom. The van der Waals surface area contributed by atoms with E-state index >= 15 is 0 Å². The van der Waals surface area contributed by atoms with Crippen LogP contribution in [-0.2, 0) is 4.79 Å². The third-order valence-corrected chi connectivity index (χ3v) is 6.20. The summed E-state index contributed by atoms with van der Waals surface area (Å²) in [4.78, 5) is 18.7. The number of nitrogens with one attached hydrogen (secondary N) is 1. The van der Waals surface area contributed by atoms with Crippen molar-refractivity contribution in [3.63, 3.8) is 0 Å². The fourth-order valence-corrected chi connectivity index (χ4v) is 4.12. The number of hydrogen-bond acceptors (Lipinski definition) is 4. The second-order valence-electron chi connectivity index (χ2n) is 9.14. The molecule has 0 aromatic heterocycles. The Kier molecular flexibility index (Phi) is 16.0. The maximum atomic E-state index is 12.5. The van der Waals surface area contributed by atoms with E-state index in [-0.39, 0.29) is 24.1 Å². The van der Waals surface area contributed by atoms with Crippen molar-refractivity contribution in [3.8, 4) is 0 Å². The molecule has 30 heavy (non-hydrogen) atoms. The van der Waals surface area contributed by atoms with Gasteiger partial charge in [0.15, 0.2) is 0 Å². The lowest BCUT2D eigenvalue weighted by Crippen LogP contribution is -2.51. The maximum absolute atomic E-state index is 12.5. The number of aliphatic imine (C=N–C) groups is 1. The van der Waals surface area contributed by atoms with Crippen molar-refractivity contribution in [1.29, 1.82) is 0 Å². The monoisotopic (exact) mass is 423 g/mol. The van der Waals surface area contributed by atoms with Crippen molar-refractivity contribution in [2.24, 2.45) is 10.9 Å². The number of unbranched alkanes of at least 4 members (excludes halogenated alkanes) is 11. The number of carbonyl (C=O) groups excluding carboxylic acids is 1. The molecule has 0 aromatic rings. The van der Waals surface area contributed by atoms with Gasteiger partial charge in [-0.15, -0.1) is 0 Å². The Morgan fingerprint density at radius 2 is 1.63 bits per heavy atom. The molecule has 0 radical (unpaired) electrons. The normalized spacial score (nSPS) is 20.6. The fourth-order valence-electron chi connectivity index (χ4n) is 4.12. The summed E-state index contributed by atoms with van der Waals surface area (Å²) in [5.74, 6) is -0.0468. The highest BCUT2D eigenvalue weighted by molar-refractivity contribution is 5.93. The molecule has 0 aromatic carbocycles. The van der Waals surface area contributed by atoms with E-state index in [1.54, 1.807) is 6.21 Å². The molecule has 3 atom stereocenters. The van der Waals surface area contributed by atoms with E-state index in [4.69, 9.17) is 0 Å². The van der Waals surface area contributed by atoms with Crippen molar-refractivity contribution in [3.05, 3.63) is 0 Å². The van der Waals surface area contributed by atoms with Gasteiger partial charge in [0.2, 0.25) is 5.91 Å². The number of rotatable bonds is 17. The van der Waals surface area contributed by atoms with Crippen LogP contribution in [0, 0.1) is 5.92 Å². The van der Waals surface area contributed by atoms with E-state index in [0.717, 1.165) is 32.4 Å². The summed E-state index contributed by atoms with van der Waals surface area (Å²) < 4.78 is 0. The van der Waals surface area contributed by atoms with Crippen molar-refractivity contribution >= 4 is 12.1 Å². The number of nitrogens with zero attached hydrogens (tertiary/aromatic N) is 2. The highest BCUT2D eigenvalue weighted by atomic mass is 16.3. The summed E-state index contributed by atoms with van der Waals surface area (Å²) in [6.07, 6.45) is 19.1.